The maximum atomic E-state index is 12.0. The van der Waals surface area contributed by atoms with Crippen molar-refractivity contribution in [1.29, 1.82) is 0 Å². The Kier molecular flexibility index (Phi) is 4.11. The maximum Gasteiger partial charge on any atom is 0.277 e. The number of hydrogen-bond acceptors (Lipinski definition) is 4. The largest absolute Gasteiger partial charge is 0.395 e. The summed E-state index contributed by atoms with van der Waals surface area (Å²) in [5.41, 5.74) is 2.67. The normalized spacial score (nSPS) is 14.8. The Bertz CT molecular complexity index is 587. The van der Waals surface area contributed by atoms with Crippen molar-refractivity contribution in [3.05, 3.63) is 40.1 Å². The molecule has 2 rings (SSSR count). The SMILES string of the molecule is Cc1cc(NC2=CC(=O)N(CCO)C2=O)cc(C)c1Cl. The molecule has 2 N–H and O–H groups in total. The molecule has 0 saturated carbocycles. The van der Waals surface area contributed by atoms with Crippen LogP contribution in [0.1, 0.15) is 11.1 Å². The number of rotatable bonds is 4. The second-order valence-corrected chi connectivity index (χ2v) is 5.00. The van der Waals surface area contributed by atoms with Gasteiger partial charge in [0.1, 0.15) is 5.70 Å². The Morgan fingerprint density at radius 2 is 1.85 bits per heavy atom. The Hall–Kier alpha value is -1.85. The second-order valence-electron chi connectivity index (χ2n) is 4.63. The average Bonchev–Trinajstić information content (AvgIpc) is 2.64. The fourth-order valence-electron chi connectivity index (χ4n) is 2.08. The first kappa shape index (κ1) is 14.6. The van der Waals surface area contributed by atoms with Crippen LogP contribution in [0.2, 0.25) is 5.02 Å². The number of nitrogens with zero attached hydrogens (tertiary/aromatic N) is 1. The summed E-state index contributed by atoms with van der Waals surface area (Å²) in [6, 6.07) is 3.62. The van der Waals surface area contributed by atoms with Crippen molar-refractivity contribution >= 4 is 29.1 Å². The third kappa shape index (κ3) is 2.69. The first-order chi connectivity index (χ1) is 9.43. The molecular formula is C14H15ClN2O3. The van der Waals surface area contributed by atoms with E-state index in [1.54, 1.807) is 0 Å². The number of carbonyl (C=O) groups excluding carboxylic acids is 2. The van der Waals surface area contributed by atoms with E-state index in [1.165, 1.54) is 6.08 Å². The van der Waals surface area contributed by atoms with E-state index in [9.17, 15) is 9.59 Å². The molecule has 2 amide bonds. The molecule has 1 aromatic carbocycles. The van der Waals surface area contributed by atoms with Crippen LogP contribution in [0, 0.1) is 13.8 Å². The zero-order valence-corrected chi connectivity index (χ0v) is 12.0. The van der Waals surface area contributed by atoms with Crippen molar-refractivity contribution in [2.45, 2.75) is 13.8 Å². The van der Waals surface area contributed by atoms with Gasteiger partial charge in [-0.25, -0.2) is 0 Å². The standard InChI is InChI=1S/C14H15ClN2O3/c1-8-5-10(6-9(2)13(8)15)16-11-7-12(19)17(3-4-18)14(11)20/h5-7,16,18H,3-4H2,1-2H3. The van der Waals surface area contributed by atoms with E-state index in [2.05, 4.69) is 5.32 Å². The van der Waals surface area contributed by atoms with Gasteiger partial charge in [-0.15, -0.1) is 0 Å². The van der Waals surface area contributed by atoms with Gasteiger partial charge in [0.05, 0.1) is 13.2 Å². The van der Waals surface area contributed by atoms with Gasteiger partial charge in [-0.05, 0) is 37.1 Å². The van der Waals surface area contributed by atoms with Crippen LogP contribution in [0.5, 0.6) is 0 Å². The number of hydrogen-bond donors (Lipinski definition) is 2. The average molecular weight is 295 g/mol. The molecule has 5 nitrogen and oxygen atoms in total. The van der Waals surface area contributed by atoms with Crippen molar-refractivity contribution < 1.29 is 14.7 Å². The lowest BCUT2D eigenvalue weighted by molar-refractivity contribution is -0.137. The van der Waals surface area contributed by atoms with Gasteiger partial charge < -0.3 is 10.4 Å². The molecule has 6 heteroatoms. The highest BCUT2D eigenvalue weighted by Crippen LogP contribution is 2.26. The third-order valence-electron chi connectivity index (χ3n) is 3.05. The number of aliphatic hydroxyl groups excluding tert-OH is 1. The van der Waals surface area contributed by atoms with Gasteiger partial charge in [-0.3, -0.25) is 14.5 Å². The zero-order chi connectivity index (χ0) is 14.9. The number of carbonyl (C=O) groups is 2. The first-order valence-electron chi connectivity index (χ1n) is 6.16. The molecule has 0 spiro atoms. The van der Waals surface area contributed by atoms with E-state index >= 15 is 0 Å². The molecule has 1 aliphatic heterocycles. The van der Waals surface area contributed by atoms with Gasteiger partial charge in [-0.1, -0.05) is 11.6 Å². The topological polar surface area (TPSA) is 69.6 Å². The number of nitrogens with one attached hydrogen (secondary N) is 1. The molecule has 106 valence electrons. The van der Waals surface area contributed by atoms with Crippen LogP contribution in [0.3, 0.4) is 0 Å². The molecule has 0 aliphatic carbocycles. The van der Waals surface area contributed by atoms with E-state index in [-0.39, 0.29) is 18.8 Å². The monoisotopic (exact) mass is 294 g/mol. The number of amides is 2. The highest BCUT2D eigenvalue weighted by molar-refractivity contribution is 6.32. The van der Waals surface area contributed by atoms with Crippen LogP contribution in [0.25, 0.3) is 0 Å². The molecule has 20 heavy (non-hydrogen) atoms. The molecule has 0 unspecified atom stereocenters. The quantitative estimate of drug-likeness (QED) is 0.828. The summed E-state index contributed by atoms with van der Waals surface area (Å²) in [5, 5.41) is 12.4. The Morgan fingerprint density at radius 3 is 2.40 bits per heavy atom. The fourth-order valence-corrected chi connectivity index (χ4v) is 2.19. The number of halogens is 1. The lowest BCUT2D eigenvalue weighted by Crippen LogP contribution is -2.34. The summed E-state index contributed by atoms with van der Waals surface area (Å²) in [5.74, 6) is -0.858. The molecule has 0 bridgehead atoms. The highest BCUT2D eigenvalue weighted by Gasteiger charge is 2.30. The number of aryl methyl sites for hydroxylation is 2. The third-order valence-corrected chi connectivity index (χ3v) is 3.64. The molecule has 0 saturated heterocycles. The number of aliphatic hydroxyl groups is 1. The smallest absolute Gasteiger partial charge is 0.277 e. The van der Waals surface area contributed by atoms with Crippen LogP contribution in [-0.2, 0) is 9.59 Å². The van der Waals surface area contributed by atoms with Gasteiger partial charge in [0, 0.05) is 16.8 Å². The van der Waals surface area contributed by atoms with E-state index in [0.29, 0.717) is 10.7 Å². The second kappa shape index (κ2) is 5.64. The Morgan fingerprint density at radius 1 is 1.25 bits per heavy atom. The van der Waals surface area contributed by atoms with E-state index in [1.807, 2.05) is 26.0 Å². The van der Waals surface area contributed by atoms with Crippen molar-refractivity contribution in [1.82, 2.24) is 4.90 Å². The van der Waals surface area contributed by atoms with E-state index in [0.717, 1.165) is 16.0 Å². The van der Waals surface area contributed by atoms with Crippen molar-refractivity contribution in [2.75, 3.05) is 18.5 Å². The van der Waals surface area contributed by atoms with Crippen LogP contribution >= 0.6 is 11.6 Å². The molecule has 0 fully saturated rings. The number of benzene rings is 1. The fraction of sp³-hybridized carbons (Fsp3) is 0.286. The summed E-state index contributed by atoms with van der Waals surface area (Å²) < 4.78 is 0. The first-order valence-corrected chi connectivity index (χ1v) is 6.54. The molecule has 1 aliphatic rings. The molecule has 0 radical (unpaired) electrons. The minimum Gasteiger partial charge on any atom is -0.395 e. The van der Waals surface area contributed by atoms with E-state index < -0.39 is 11.8 Å². The van der Waals surface area contributed by atoms with Crippen LogP contribution in [0.15, 0.2) is 23.9 Å². The van der Waals surface area contributed by atoms with Crippen molar-refractivity contribution in [3.63, 3.8) is 0 Å². The number of imide groups is 1. The highest BCUT2D eigenvalue weighted by atomic mass is 35.5. The summed E-state index contributed by atoms with van der Waals surface area (Å²) >= 11 is 6.08. The molecule has 0 atom stereocenters. The van der Waals surface area contributed by atoms with E-state index in [4.69, 9.17) is 16.7 Å². The van der Waals surface area contributed by atoms with Gasteiger partial charge in [0.2, 0.25) is 0 Å². The molecular weight excluding hydrogens is 280 g/mol. The van der Waals surface area contributed by atoms with Gasteiger partial charge in [0.15, 0.2) is 0 Å². The van der Waals surface area contributed by atoms with Crippen LogP contribution < -0.4 is 5.32 Å². The molecule has 1 heterocycles. The van der Waals surface area contributed by atoms with Crippen LogP contribution in [0.4, 0.5) is 5.69 Å². The maximum absolute atomic E-state index is 12.0. The predicted molar refractivity (Wildman–Crippen MR) is 76.4 cm³/mol. The van der Waals surface area contributed by atoms with Crippen molar-refractivity contribution in [2.24, 2.45) is 0 Å². The minimum atomic E-state index is -0.436. The van der Waals surface area contributed by atoms with Gasteiger partial charge >= 0.3 is 0 Å². The Balaban J connectivity index is 2.21. The molecule has 1 aromatic rings. The summed E-state index contributed by atoms with van der Waals surface area (Å²) in [6.07, 6.45) is 1.23. The summed E-state index contributed by atoms with van der Waals surface area (Å²) in [7, 11) is 0. The van der Waals surface area contributed by atoms with Crippen LogP contribution in [-0.4, -0.2) is 35.0 Å². The van der Waals surface area contributed by atoms with Gasteiger partial charge in [0.25, 0.3) is 11.8 Å². The number of β-amino-alcohol motifs (C(OH)–C–C–N with tert-alkyl or cyclic N) is 1. The number of anilines is 1. The zero-order valence-electron chi connectivity index (χ0n) is 11.2. The predicted octanol–water partition coefficient (Wildman–Crippen LogP) is 1.61. The summed E-state index contributed by atoms with van der Waals surface area (Å²) in [4.78, 5) is 24.6. The van der Waals surface area contributed by atoms with Crippen molar-refractivity contribution in [3.8, 4) is 0 Å². The lowest BCUT2D eigenvalue weighted by atomic mass is 10.1. The summed E-state index contributed by atoms with van der Waals surface area (Å²) in [6.45, 7) is 3.49. The minimum absolute atomic E-state index is 0.00196. The Labute approximate surface area is 121 Å². The lowest BCUT2D eigenvalue weighted by Gasteiger charge is -2.14. The van der Waals surface area contributed by atoms with Gasteiger partial charge in [-0.2, -0.15) is 0 Å². The molecule has 0 aromatic heterocycles.